The van der Waals surface area contributed by atoms with Gasteiger partial charge in [-0.25, -0.2) is 9.79 Å². The Kier molecular flexibility index (Phi) is 11.5. The number of aromatic nitrogens is 2. The van der Waals surface area contributed by atoms with Gasteiger partial charge in [-0.3, -0.25) is 4.68 Å². The van der Waals surface area contributed by atoms with E-state index in [0.717, 1.165) is 35.9 Å². The number of guanidine groups is 1. The molecule has 1 aromatic heterocycles. The van der Waals surface area contributed by atoms with Gasteiger partial charge < -0.3 is 21.3 Å². The molecule has 1 atom stereocenters. The lowest BCUT2D eigenvalue weighted by molar-refractivity contribution is 0.250. The first-order chi connectivity index (χ1) is 14.7. The summed E-state index contributed by atoms with van der Waals surface area (Å²) in [6.07, 6.45) is 0.884. The molecule has 0 aliphatic heterocycles. The number of aliphatic imine (C=N–C) groups is 1. The van der Waals surface area contributed by atoms with E-state index >= 15 is 0 Å². The molecular weight excluding hydrogens is 517 g/mol. The number of hydrogen-bond acceptors (Lipinski definition) is 3. The molecule has 8 nitrogen and oxygen atoms in total. The van der Waals surface area contributed by atoms with Crippen LogP contribution in [-0.4, -0.2) is 40.4 Å². The zero-order valence-corrected chi connectivity index (χ0v) is 22.6. The summed E-state index contributed by atoms with van der Waals surface area (Å²) in [7, 11) is 1.98. The highest BCUT2D eigenvalue weighted by atomic mass is 127. The zero-order valence-electron chi connectivity index (χ0n) is 20.2. The van der Waals surface area contributed by atoms with E-state index in [2.05, 4.69) is 54.1 Å². The van der Waals surface area contributed by atoms with Crippen molar-refractivity contribution < 1.29 is 4.79 Å². The van der Waals surface area contributed by atoms with Gasteiger partial charge in [-0.1, -0.05) is 12.1 Å². The maximum Gasteiger partial charge on any atom is 0.319 e. The van der Waals surface area contributed by atoms with E-state index in [1.165, 1.54) is 11.3 Å². The fourth-order valence-electron chi connectivity index (χ4n) is 3.32. The zero-order chi connectivity index (χ0) is 23.0. The van der Waals surface area contributed by atoms with Crippen molar-refractivity contribution in [2.75, 3.05) is 11.9 Å². The molecule has 2 aromatic rings. The van der Waals surface area contributed by atoms with Crippen molar-refractivity contribution >= 4 is 41.7 Å². The summed E-state index contributed by atoms with van der Waals surface area (Å²) in [5.41, 5.74) is 5.38. The van der Waals surface area contributed by atoms with Crippen molar-refractivity contribution in [3.63, 3.8) is 0 Å². The van der Waals surface area contributed by atoms with Gasteiger partial charge in [0.1, 0.15) is 0 Å². The van der Waals surface area contributed by atoms with Gasteiger partial charge in [0.05, 0.1) is 12.2 Å². The third kappa shape index (κ3) is 8.68. The Morgan fingerprint density at radius 3 is 2.31 bits per heavy atom. The molecular formula is C23H38IN7O. The minimum absolute atomic E-state index is 0. The Morgan fingerprint density at radius 2 is 1.78 bits per heavy atom. The molecule has 0 bridgehead atoms. The van der Waals surface area contributed by atoms with Gasteiger partial charge >= 0.3 is 6.03 Å². The van der Waals surface area contributed by atoms with Crippen LogP contribution < -0.4 is 21.3 Å². The number of nitrogens with one attached hydrogen (secondary N) is 4. The Bertz CT molecular complexity index is 890. The number of urea groups is 1. The summed E-state index contributed by atoms with van der Waals surface area (Å²) in [5, 5.41) is 17.0. The Morgan fingerprint density at radius 1 is 1.12 bits per heavy atom. The minimum atomic E-state index is -0.201. The molecule has 0 fully saturated rings. The van der Waals surface area contributed by atoms with Gasteiger partial charge in [0.25, 0.3) is 0 Å². The number of amides is 2. The van der Waals surface area contributed by atoms with Crippen LogP contribution in [0.3, 0.4) is 0 Å². The van der Waals surface area contributed by atoms with E-state index in [-0.39, 0.29) is 42.1 Å². The summed E-state index contributed by atoms with van der Waals surface area (Å²) < 4.78 is 1.93. The van der Waals surface area contributed by atoms with E-state index in [4.69, 9.17) is 4.99 Å². The number of rotatable bonds is 8. The molecule has 2 amide bonds. The summed E-state index contributed by atoms with van der Waals surface area (Å²) in [6.45, 7) is 13.6. The van der Waals surface area contributed by atoms with Gasteiger partial charge in [-0.05, 0) is 71.2 Å². The first kappa shape index (κ1) is 27.7. The highest BCUT2D eigenvalue weighted by Gasteiger charge is 2.14. The molecule has 0 aliphatic rings. The average molecular weight is 556 g/mol. The van der Waals surface area contributed by atoms with Crippen molar-refractivity contribution in [2.45, 2.75) is 66.6 Å². The van der Waals surface area contributed by atoms with Crippen LogP contribution in [0, 0.1) is 13.8 Å². The molecule has 1 heterocycles. The maximum atomic E-state index is 11.8. The monoisotopic (exact) mass is 555 g/mol. The van der Waals surface area contributed by atoms with Crippen LogP contribution in [0.2, 0.25) is 0 Å². The van der Waals surface area contributed by atoms with E-state index in [1.807, 2.05) is 49.8 Å². The third-order valence-corrected chi connectivity index (χ3v) is 4.95. The van der Waals surface area contributed by atoms with Gasteiger partial charge in [-0.2, -0.15) is 5.10 Å². The standard InChI is InChI=1S/C23H37N7O.HI/c1-8-24-22(27-16(4)13-21-17(5)29-30(7)18(21)6)25-14-19-9-11-20(12-10-19)28-23(31)26-15(2)3;/h9-12,15-16H,8,13-14H2,1-7H3,(H2,24,25,27)(H2,26,28,31);1H. The van der Waals surface area contributed by atoms with Crippen molar-refractivity contribution in [3.8, 4) is 0 Å². The van der Waals surface area contributed by atoms with Gasteiger partial charge in [0, 0.05) is 37.1 Å². The van der Waals surface area contributed by atoms with Crippen LogP contribution in [-0.2, 0) is 20.0 Å². The Hall–Kier alpha value is -2.30. The first-order valence-corrected chi connectivity index (χ1v) is 10.9. The van der Waals surface area contributed by atoms with Gasteiger partial charge in [0.2, 0.25) is 0 Å². The molecule has 9 heteroatoms. The summed E-state index contributed by atoms with van der Waals surface area (Å²) >= 11 is 0. The van der Waals surface area contributed by atoms with E-state index in [1.54, 1.807) is 0 Å². The number of carbonyl (C=O) groups is 1. The van der Waals surface area contributed by atoms with Crippen molar-refractivity contribution in [2.24, 2.45) is 12.0 Å². The lowest BCUT2D eigenvalue weighted by Gasteiger charge is -2.18. The molecule has 0 aliphatic carbocycles. The summed E-state index contributed by atoms with van der Waals surface area (Å²) in [4.78, 5) is 16.5. The minimum Gasteiger partial charge on any atom is -0.357 e. The lowest BCUT2D eigenvalue weighted by atomic mass is 10.1. The number of benzene rings is 1. The molecule has 1 aromatic carbocycles. The third-order valence-electron chi connectivity index (χ3n) is 4.95. The average Bonchev–Trinajstić information content (AvgIpc) is 2.92. The fraction of sp³-hybridized carbons (Fsp3) is 0.522. The van der Waals surface area contributed by atoms with Crippen LogP contribution in [0.4, 0.5) is 10.5 Å². The number of halogens is 1. The van der Waals surface area contributed by atoms with E-state index in [0.29, 0.717) is 6.54 Å². The van der Waals surface area contributed by atoms with Crippen LogP contribution in [0.5, 0.6) is 0 Å². The summed E-state index contributed by atoms with van der Waals surface area (Å²) in [5.74, 6) is 0.785. The number of hydrogen-bond donors (Lipinski definition) is 4. The Labute approximate surface area is 209 Å². The van der Waals surface area contributed by atoms with Crippen LogP contribution in [0.25, 0.3) is 0 Å². The molecule has 178 valence electrons. The van der Waals surface area contributed by atoms with Crippen molar-refractivity contribution in [3.05, 3.63) is 46.8 Å². The molecule has 0 saturated heterocycles. The number of anilines is 1. The molecule has 0 spiro atoms. The van der Waals surface area contributed by atoms with Gasteiger partial charge in [0.15, 0.2) is 5.96 Å². The second-order valence-electron chi connectivity index (χ2n) is 8.17. The fourth-order valence-corrected chi connectivity index (χ4v) is 3.32. The number of nitrogens with zero attached hydrogens (tertiary/aromatic N) is 3. The molecule has 2 rings (SSSR count). The van der Waals surface area contributed by atoms with Crippen molar-refractivity contribution in [1.82, 2.24) is 25.7 Å². The predicted octanol–water partition coefficient (Wildman–Crippen LogP) is 3.87. The smallest absolute Gasteiger partial charge is 0.319 e. The van der Waals surface area contributed by atoms with Gasteiger partial charge in [-0.15, -0.1) is 24.0 Å². The normalized spacial score (nSPS) is 12.2. The second-order valence-corrected chi connectivity index (χ2v) is 8.17. The van der Waals surface area contributed by atoms with E-state index in [9.17, 15) is 4.79 Å². The number of carbonyl (C=O) groups excluding carboxylic acids is 1. The highest BCUT2D eigenvalue weighted by Crippen LogP contribution is 2.14. The predicted molar refractivity (Wildman–Crippen MR) is 143 cm³/mol. The first-order valence-electron chi connectivity index (χ1n) is 10.9. The highest BCUT2D eigenvalue weighted by molar-refractivity contribution is 14.0. The lowest BCUT2D eigenvalue weighted by Crippen LogP contribution is -2.43. The van der Waals surface area contributed by atoms with Crippen LogP contribution in [0.1, 0.15) is 50.2 Å². The topological polar surface area (TPSA) is 95.4 Å². The van der Waals surface area contributed by atoms with Crippen LogP contribution in [0.15, 0.2) is 29.3 Å². The molecule has 0 saturated carbocycles. The largest absolute Gasteiger partial charge is 0.357 e. The Balaban J connectivity index is 0.00000512. The van der Waals surface area contributed by atoms with E-state index < -0.39 is 0 Å². The number of aryl methyl sites for hydroxylation is 2. The van der Waals surface area contributed by atoms with Crippen molar-refractivity contribution in [1.29, 1.82) is 0 Å². The maximum absolute atomic E-state index is 11.8. The molecule has 32 heavy (non-hydrogen) atoms. The SMILES string of the molecule is CCNC(=NCc1ccc(NC(=O)NC(C)C)cc1)NC(C)Cc1c(C)nn(C)c1C.I. The van der Waals surface area contributed by atoms with Crippen LogP contribution >= 0.6 is 24.0 Å². The quantitative estimate of drug-likeness (QED) is 0.226. The second kappa shape index (κ2) is 13.3. The molecule has 1 unspecified atom stereocenters. The molecule has 0 radical (unpaired) electrons. The summed E-state index contributed by atoms with van der Waals surface area (Å²) in [6, 6.07) is 7.84. The molecule has 4 N–H and O–H groups in total.